The second kappa shape index (κ2) is 6.25. The zero-order valence-electron chi connectivity index (χ0n) is 14.4. The van der Waals surface area contributed by atoms with Crippen molar-refractivity contribution in [2.45, 2.75) is 58.0 Å². The number of aromatic nitrogens is 4. The molecule has 8 heteroatoms. The molecule has 3 aromatic rings. The fraction of sp³-hybridized carbons (Fsp3) is 0.529. The number of nitrogens with one attached hydrogen (secondary N) is 1. The van der Waals surface area contributed by atoms with Crippen LogP contribution in [0.4, 0.5) is 0 Å². The topological polar surface area (TPSA) is 81.3 Å². The molecule has 3 aromatic heterocycles. The van der Waals surface area contributed by atoms with Gasteiger partial charge in [0.25, 0.3) is 5.56 Å². The number of nitrogens with zero attached hydrogens (tertiary/aromatic N) is 4. The van der Waals surface area contributed by atoms with Crippen LogP contribution in [0.15, 0.2) is 16.4 Å². The first-order valence-corrected chi connectivity index (χ1v) is 9.57. The van der Waals surface area contributed by atoms with E-state index in [1.165, 1.54) is 16.0 Å². The molecule has 1 aliphatic carbocycles. The summed E-state index contributed by atoms with van der Waals surface area (Å²) in [5.74, 6) is 0.695. The number of amides is 1. The third kappa shape index (κ3) is 2.84. The van der Waals surface area contributed by atoms with Crippen LogP contribution in [-0.4, -0.2) is 31.1 Å². The van der Waals surface area contributed by atoms with E-state index in [1.54, 1.807) is 5.51 Å². The first-order valence-electron chi connectivity index (χ1n) is 8.69. The Kier molecular flexibility index (Phi) is 4.07. The molecule has 4 rings (SSSR count). The molecule has 3 heterocycles. The Balaban J connectivity index is 1.74. The molecule has 7 nitrogen and oxygen atoms in total. The molecule has 0 unspecified atom stereocenters. The number of rotatable bonds is 4. The van der Waals surface area contributed by atoms with Crippen LogP contribution in [-0.2, 0) is 11.3 Å². The molecule has 0 aromatic carbocycles. The van der Waals surface area contributed by atoms with Crippen molar-refractivity contribution in [3.05, 3.63) is 27.8 Å². The molecule has 0 spiro atoms. The third-order valence-corrected chi connectivity index (χ3v) is 5.50. The normalized spacial score (nSPS) is 15.6. The Morgan fingerprint density at radius 1 is 1.40 bits per heavy atom. The summed E-state index contributed by atoms with van der Waals surface area (Å²) in [6.07, 6.45) is 4.34. The van der Waals surface area contributed by atoms with E-state index in [0.717, 1.165) is 41.9 Å². The lowest BCUT2D eigenvalue weighted by Crippen LogP contribution is -2.39. The van der Waals surface area contributed by atoms with Gasteiger partial charge in [-0.15, -0.1) is 11.3 Å². The van der Waals surface area contributed by atoms with Crippen molar-refractivity contribution in [2.24, 2.45) is 0 Å². The SMILES string of the molecule is CC(C)c1nn(CC(=O)NC2CCCC2)c(=O)c2cc3scnc3n12. The minimum atomic E-state index is -0.254. The van der Waals surface area contributed by atoms with E-state index in [9.17, 15) is 9.59 Å². The second-order valence-corrected chi connectivity index (χ2v) is 7.82. The maximum absolute atomic E-state index is 12.8. The summed E-state index contributed by atoms with van der Waals surface area (Å²) in [5.41, 5.74) is 2.80. The second-order valence-electron chi connectivity index (χ2n) is 6.93. The van der Waals surface area contributed by atoms with Gasteiger partial charge in [0.1, 0.15) is 17.9 Å². The molecule has 0 bridgehead atoms. The van der Waals surface area contributed by atoms with Gasteiger partial charge in [-0.1, -0.05) is 26.7 Å². The van der Waals surface area contributed by atoms with Crippen LogP contribution < -0.4 is 10.9 Å². The first-order chi connectivity index (χ1) is 12.0. The van der Waals surface area contributed by atoms with Crippen molar-refractivity contribution >= 4 is 33.1 Å². The van der Waals surface area contributed by atoms with Crippen molar-refractivity contribution in [3.8, 4) is 0 Å². The van der Waals surface area contributed by atoms with Crippen LogP contribution in [0.25, 0.3) is 15.9 Å². The van der Waals surface area contributed by atoms with Gasteiger partial charge < -0.3 is 5.32 Å². The molecular formula is C17H21N5O2S. The summed E-state index contributed by atoms with van der Waals surface area (Å²) in [7, 11) is 0. The van der Waals surface area contributed by atoms with Gasteiger partial charge in [-0.2, -0.15) is 5.10 Å². The Bertz CT molecular complexity index is 994. The van der Waals surface area contributed by atoms with E-state index in [1.807, 2.05) is 24.3 Å². The van der Waals surface area contributed by atoms with Gasteiger partial charge in [0.15, 0.2) is 5.65 Å². The molecule has 1 N–H and O–H groups in total. The summed E-state index contributed by atoms with van der Waals surface area (Å²) >= 11 is 1.50. The minimum absolute atomic E-state index is 0.0438. The quantitative estimate of drug-likeness (QED) is 0.775. The average Bonchev–Trinajstić information content (AvgIpc) is 3.26. The van der Waals surface area contributed by atoms with E-state index >= 15 is 0 Å². The number of thiazole rings is 1. The van der Waals surface area contributed by atoms with E-state index < -0.39 is 0 Å². The molecular weight excluding hydrogens is 338 g/mol. The zero-order chi connectivity index (χ0) is 17.6. The van der Waals surface area contributed by atoms with Gasteiger partial charge in [-0.25, -0.2) is 9.67 Å². The van der Waals surface area contributed by atoms with Crippen molar-refractivity contribution in [3.63, 3.8) is 0 Å². The molecule has 0 aliphatic heterocycles. The summed E-state index contributed by atoms with van der Waals surface area (Å²) < 4.78 is 4.07. The summed E-state index contributed by atoms with van der Waals surface area (Å²) in [6.45, 7) is 4.00. The van der Waals surface area contributed by atoms with E-state index in [-0.39, 0.29) is 30.0 Å². The lowest BCUT2D eigenvalue weighted by atomic mass is 10.2. The standard InChI is InChI=1S/C17H21N5O2S/c1-10(2)15-20-21(8-14(23)19-11-5-3-4-6-11)17(24)12-7-13-16(22(12)15)18-9-25-13/h7,9-11H,3-6,8H2,1-2H3,(H,19,23). The molecule has 1 aliphatic rings. The molecule has 0 atom stereocenters. The summed E-state index contributed by atoms with van der Waals surface area (Å²) in [4.78, 5) is 29.5. The third-order valence-electron chi connectivity index (χ3n) is 4.73. The van der Waals surface area contributed by atoms with E-state index in [2.05, 4.69) is 15.4 Å². The highest BCUT2D eigenvalue weighted by Crippen LogP contribution is 2.24. The molecule has 1 amide bonds. The predicted molar refractivity (Wildman–Crippen MR) is 97.1 cm³/mol. The lowest BCUT2D eigenvalue weighted by Gasteiger charge is -2.15. The highest BCUT2D eigenvalue weighted by Gasteiger charge is 2.21. The van der Waals surface area contributed by atoms with Gasteiger partial charge in [0.05, 0.1) is 10.2 Å². The van der Waals surface area contributed by atoms with Crippen LogP contribution in [0.1, 0.15) is 51.3 Å². The smallest absolute Gasteiger partial charge is 0.291 e. The molecule has 25 heavy (non-hydrogen) atoms. The molecule has 0 saturated heterocycles. The maximum atomic E-state index is 12.8. The van der Waals surface area contributed by atoms with Crippen molar-refractivity contribution in [1.82, 2.24) is 24.5 Å². The average molecular weight is 359 g/mol. The van der Waals surface area contributed by atoms with Crippen molar-refractivity contribution in [1.29, 1.82) is 0 Å². The van der Waals surface area contributed by atoms with Gasteiger partial charge >= 0.3 is 0 Å². The Hall–Kier alpha value is -2.22. The van der Waals surface area contributed by atoms with Crippen LogP contribution in [0.5, 0.6) is 0 Å². The molecule has 0 radical (unpaired) electrons. The van der Waals surface area contributed by atoms with Crippen LogP contribution >= 0.6 is 11.3 Å². The number of hydrogen-bond acceptors (Lipinski definition) is 5. The largest absolute Gasteiger partial charge is 0.352 e. The predicted octanol–water partition coefficient (Wildman–Crippen LogP) is 2.29. The van der Waals surface area contributed by atoms with Crippen LogP contribution in [0.2, 0.25) is 0 Å². The van der Waals surface area contributed by atoms with Gasteiger partial charge in [-0.3, -0.25) is 14.0 Å². The fourth-order valence-electron chi connectivity index (χ4n) is 3.51. The molecule has 1 fully saturated rings. The van der Waals surface area contributed by atoms with Crippen LogP contribution in [0.3, 0.4) is 0 Å². The van der Waals surface area contributed by atoms with E-state index in [0.29, 0.717) is 5.52 Å². The van der Waals surface area contributed by atoms with Gasteiger partial charge in [0.2, 0.25) is 5.91 Å². The van der Waals surface area contributed by atoms with Gasteiger partial charge in [0, 0.05) is 12.0 Å². The molecule has 1 saturated carbocycles. The Labute approximate surface area is 148 Å². The number of carbonyl (C=O) groups excluding carboxylic acids is 1. The highest BCUT2D eigenvalue weighted by molar-refractivity contribution is 7.16. The number of fused-ring (bicyclic) bond motifs is 3. The highest BCUT2D eigenvalue weighted by atomic mass is 32.1. The summed E-state index contributed by atoms with van der Waals surface area (Å²) in [5, 5.41) is 7.50. The number of hydrogen-bond donors (Lipinski definition) is 1. The first kappa shape index (κ1) is 16.3. The summed E-state index contributed by atoms with van der Waals surface area (Å²) in [6, 6.07) is 2.08. The van der Waals surface area contributed by atoms with Crippen LogP contribution in [0, 0.1) is 0 Å². The van der Waals surface area contributed by atoms with Crippen molar-refractivity contribution in [2.75, 3.05) is 0 Å². The van der Waals surface area contributed by atoms with Crippen molar-refractivity contribution < 1.29 is 4.79 Å². The Morgan fingerprint density at radius 2 is 2.16 bits per heavy atom. The Morgan fingerprint density at radius 3 is 2.88 bits per heavy atom. The lowest BCUT2D eigenvalue weighted by molar-refractivity contribution is -0.122. The maximum Gasteiger partial charge on any atom is 0.291 e. The monoisotopic (exact) mass is 359 g/mol. The zero-order valence-corrected chi connectivity index (χ0v) is 15.2. The molecule has 132 valence electrons. The fourth-order valence-corrected chi connectivity index (χ4v) is 4.21. The van der Waals surface area contributed by atoms with Gasteiger partial charge in [-0.05, 0) is 18.9 Å². The number of carbonyl (C=O) groups is 1. The minimum Gasteiger partial charge on any atom is -0.352 e. The van der Waals surface area contributed by atoms with E-state index in [4.69, 9.17) is 0 Å².